The highest BCUT2D eigenvalue weighted by atomic mass is 35.5. The Morgan fingerprint density at radius 1 is 1.33 bits per heavy atom. The molecule has 1 aromatic rings. The summed E-state index contributed by atoms with van der Waals surface area (Å²) >= 11 is 5.97. The van der Waals surface area contributed by atoms with Gasteiger partial charge in [-0.1, -0.05) is 11.6 Å². The number of hydrogen-bond acceptors (Lipinski definition) is 5. The number of morpholine rings is 1. The van der Waals surface area contributed by atoms with Crippen molar-refractivity contribution in [2.45, 2.75) is 18.9 Å². The number of pyridine rings is 1. The number of aromatic nitrogens is 1. The van der Waals surface area contributed by atoms with Crippen LogP contribution in [0.25, 0.3) is 0 Å². The molecule has 0 saturated carbocycles. The van der Waals surface area contributed by atoms with Gasteiger partial charge >= 0.3 is 0 Å². The zero-order valence-corrected chi connectivity index (χ0v) is 12.7. The Morgan fingerprint density at radius 2 is 2.14 bits per heavy atom. The Hall–Kier alpha value is -1.35. The molecule has 0 bridgehead atoms. The van der Waals surface area contributed by atoms with E-state index in [1.807, 2.05) is 6.07 Å². The van der Waals surface area contributed by atoms with Gasteiger partial charge in [-0.15, -0.1) is 0 Å². The van der Waals surface area contributed by atoms with E-state index in [2.05, 4.69) is 20.9 Å². The van der Waals surface area contributed by atoms with E-state index < -0.39 is 0 Å². The van der Waals surface area contributed by atoms with E-state index in [1.54, 1.807) is 6.07 Å². The molecule has 6 heteroatoms. The van der Waals surface area contributed by atoms with E-state index in [0.29, 0.717) is 16.8 Å². The molecular formula is C15H19ClN4O. The Balaban J connectivity index is 1.72. The zero-order valence-electron chi connectivity index (χ0n) is 12.0. The molecule has 3 rings (SSSR count). The van der Waals surface area contributed by atoms with Crippen molar-refractivity contribution >= 4 is 17.4 Å². The summed E-state index contributed by atoms with van der Waals surface area (Å²) in [5.74, 6) is 0.867. The molecule has 2 fully saturated rings. The van der Waals surface area contributed by atoms with Gasteiger partial charge in [0.25, 0.3) is 0 Å². The molecule has 0 spiro atoms. The summed E-state index contributed by atoms with van der Waals surface area (Å²) in [6, 6.07) is 6.21. The lowest BCUT2D eigenvalue weighted by Crippen LogP contribution is -2.45. The number of ether oxygens (including phenoxy) is 1. The van der Waals surface area contributed by atoms with Crippen molar-refractivity contribution in [3.8, 4) is 6.07 Å². The van der Waals surface area contributed by atoms with Crippen molar-refractivity contribution in [2.75, 3.05) is 44.3 Å². The molecule has 1 atom stereocenters. The molecule has 2 saturated heterocycles. The minimum Gasteiger partial charge on any atom is -0.379 e. The molecule has 3 heterocycles. The van der Waals surface area contributed by atoms with Gasteiger partial charge in [-0.2, -0.15) is 5.26 Å². The summed E-state index contributed by atoms with van der Waals surface area (Å²) in [5.41, 5.74) is 0.311. The normalized spacial score (nSPS) is 23.2. The van der Waals surface area contributed by atoms with E-state index in [0.717, 1.165) is 45.2 Å². The van der Waals surface area contributed by atoms with Gasteiger partial charge in [-0.3, -0.25) is 4.90 Å². The molecule has 0 aliphatic carbocycles. The van der Waals surface area contributed by atoms with Crippen LogP contribution in [-0.2, 0) is 4.74 Å². The monoisotopic (exact) mass is 306 g/mol. The first-order chi connectivity index (χ1) is 10.3. The van der Waals surface area contributed by atoms with Crippen LogP contribution in [0.2, 0.25) is 5.02 Å². The van der Waals surface area contributed by atoms with Gasteiger partial charge in [-0.25, -0.2) is 4.98 Å². The number of nitrogens with zero attached hydrogens (tertiary/aromatic N) is 4. The third-order valence-electron chi connectivity index (χ3n) is 4.18. The van der Waals surface area contributed by atoms with Crippen LogP contribution in [0.5, 0.6) is 0 Å². The SMILES string of the molecule is N#Cc1nc(N2CCC[C@H]2CN2CCOCC2)ccc1Cl. The second-order valence-corrected chi connectivity index (χ2v) is 5.92. The average molecular weight is 307 g/mol. The summed E-state index contributed by atoms with van der Waals surface area (Å²) in [4.78, 5) is 9.17. The largest absolute Gasteiger partial charge is 0.379 e. The van der Waals surface area contributed by atoms with Crippen LogP contribution in [-0.4, -0.2) is 55.3 Å². The van der Waals surface area contributed by atoms with Crippen molar-refractivity contribution in [1.29, 1.82) is 5.26 Å². The minimum absolute atomic E-state index is 0.311. The summed E-state index contributed by atoms with van der Waals surface area (Å²) in [5, 5.41) is 9.50. The lowest BCUT2D eigenvalue weighted by atomic mass is 10.2. The summed E-state index contributed by atoms with van der Waals surface area (Å²) in [6.07, 6.45) is 2.34. The Bertz CT molecular complexity index is 539. The van der Waals surface area contributed by atoms with Crippen LogP contribution in [0.4, 0.5) is 5.82 Å². The Morgan fingerprint density at radius 3 is 2.90 bits per heavy atom. The number of rotatable bonds is 3. The first-order valence-corrected chi connectivity index (χ1v) is 7.79. The van der Waals surface area contributed by atoms with Gasteiger partial charge in [0.05, 0.1) is 18.2 Å². The molecule has 0 radical (unpaired) electrons. The standard InChI is InChI=1S/C15H19ClN4O/c16-13-3-4-15(18-14(13)10-17)20-5-1-2-12(20)11-19-6-8-21-9-7-19/h3-4,12H,1-2,5-9,11H2/t12-/m0/s1. The predicted octanol–water partition coefficient (Wildman–Crippen LogP) is 1.91. The number of halogens is 1. The zero-order chi connectivity index (χ0) is 14.7. The fourth-order valence-corrected chi connectivity index (χ4v) is 3.23. The van der Waals surface area contributed by atoms with Gasteiger partial charge in [0.1, 0.15) is 11.9 Å². The molecular weight excluding hydrogens is 288 g/mol. The lowest BCUT2D eigenvalue weighted by Gasteiger charge is -2.33. The van der Waals surface area contributed by atoms with Crippen molar-refractivity contribution in [3.05, 3.63) is 22.8 Å². The maximum Gasteiger partial charge on any atom is 0.161 e. The van der Waals surface area contributed by atoms with Crippen LogP contribution in [0, 0.1) is 11.3 Å². The molecule has 0 unspecified atom stereocenters. The third-order valence-corrected chi connectivity index (χ3v) is 4.49. The maximum absolute atomic E-state index is 9.08. The van der Waals surface area contributed by atoms with E-state index in [1.165, 1.54) is 12.8 Å². The van der Waals surface area contributed by atoms with Crippen molar-refractivity contribution < 1.29 is 4.74 Å². The Labute approximate surface area is 130 Å². The first-order valence-electron chi connectivity index (χ1n) is 7.41. The summed E-state index contributed by atoms with van der Waals surface area (Å²) in [6.45, 7) is 5.68. The van der Waals surface area contributed by atoms with Crippen molar-refractivity contribution in [3.63, 3.8) is 0 Å². The van der Waals surface area contributed by atoms with E-state index >= 15 is 0 Å². The van der Waals surface area contributed by atoms with Crippen LogP contribution in [0.15, 0.2) is 12.1 Å². The molecule has 2 aliphatic rings. The van der Waals surface area contributed by atoms with Gasteiger partial charge in [0.2, 0.25) is 0 Å². The fourth-order valence-electron chi connectivity index (χ4n) is 3.08. The molecule has 1 aromatic heterocycles. The second-order valence-electron chi connectivity index (χ2n) is 5.51. The molecule has 21 heavy (non-hydrogen) atoms. The topological polar surface area (TPSA) is 52.4 Å². The maximum atomic E-state index is 9.08. The van der Waals surface area contributed by atoms with Gasteiger partial charge in [-0.05, 0) is 25.0 Å². The lowest BCUT2D eigenvalue weighted by molar-refractivity contribution is 0.0354. The molecule has 0 aromatic carbocycles. The minimum atomic E-state index is 0.311. The highest BCUT2D eigenvalue weighted by molar-refractivity contribution is 6.31. The van der Waals surface area contributed by atoms with Gasteiger partial charge in [0.15, 0.2) is 5.69 Å². The first kappa shape index (κ1) is 14.6. The molecule has 5 nitrogen and oxygen atoms in total. The van der Waals surface area contributed by atoms with Crippen LogP contribution >= 0.6 is 11.6 Å². The van der Waals surface area contributed by atoms with Crippen LogP contribution in [0.1, 0.15) is 18.5 Å². The van der Waals surface area contributed by atoms with Crippen LogP contribution in [0.3, 0.4) is 0 Å². The number of anilines is 1. The summed E-state index contributed by atoms with van der Waals surface area (Å²) < 4.78 is 5.40. The highest BCUT2D eigenvalue weighted by Gasteiger charge is 2.28. The average Bonchev–Trinajstić information content (AvgIpc) is 2.97. The fraction of sp³-hybridized carbons (Fsp3) is 0.600. The third kappa shape index (κ3) is 3.29. The predicted molar refractivity (Wildman–Crippen MR) is 81.6 cm³/mol. The van der Waals surface area contributed by atoms with Gasteiger partial charge in [0, 0.05) is 32.2 Å². The second kappa shape index (κ2) is 6.61. The van der Waals surface area contributed by atoms with E-state index in [9.17, 15) is 0 Å². The Kier molecular flexibility index (Phi) is 4.59. The quantitative estimate of drug-likeness (QED) is 0.854. The van der Waals surface area contributed by atoms with Crippen LogP contribution < -0.4 is 4.90 Å². The van der Waals surface area contributed by atoms with Crippen molar-refractivity contribution in [1.82, 2.24) is 9.88 Å². The number of nitriles is 1. The van der Waals surface area contributed by atoms with E-state index in [-0.39, 0.29) is 0 Å². The molecule has 0 N–H and O–H groups in total. The van der Waals surface area contributed by atoms with Crippen molar-refractivity contribution in [2.24, 2.45) is 0 Å². The smallest absolute Gasteiger partial charge is 0.161 e. The highest BCUT2D eigenvalue weighted by Crippen LogP contribution is 2.26. The molecule has 0 amide bonds. The number of hydrogen-bond donors (Lipinski definition) is 0. The molecule has 2 aliphatic heterocycles. The summed E-state index contributed by atoms with van der Waals surface area (Å²) in [7, 11) is 0. The molecule has 112 valence electrons. The van der Waals surface area contributed by atoms with E-state index in [4.69, 9.17) is 21.6 Å². The van der Waals surface area contributed by atoms with Gasteiger partial charge < -0.3 is 9.64 Å².